The Morgan fingerprint density at radius 1 is 1.24 bits per heavy atom. The molecule has 2 rings (SSSR count). The fourth-order valence-corrected chi connectivity index (χ4v) is 2.13. The van der Waals surface area contributed by atoms with Gasteiger partial charge >= 0.3 is 6.18 Å². The van der Waals surface area contributed by atoms with E-state index < -0.39 is 17.8 Å². The summed E-state index contributed by atoms with van der Waals surface area (Å²) in [6.07, 6.45) is -4.40. The van der Waals surface area contributed by atoms with Crippen molar-refractivity contribution in [2.75, 3.05) is 0 Å². The maximum atomic E-state index is 12.7. The molecule has 90 valence electrons. The molecule has 0 bridgehead atoms. The van der Waals surface area contributed by atoms with Gasteiger partial charge in [-0.15, -0.1) is 11.3 Å². The molecule has 2 nitrogen and oxygen atoms in total. The van der Waals surface area contributed by atoms with Crippen molar-refractivity contribution in [1.29, 1.82) is 0 Å². The van der Waals surface area contributed by atoms with Crippen LogP contribution >= 0.6 is 11.3 Å². The third-order valence-corrected chi connectivity index (χ3v) is 3.11. The molecule has 1 atom stereocenters. The minimum atomic E-state index is -4.47. The smallest absolute Gasteiger partial charge is 0.383 e. The summed E-state index contributed by atoms with van der Waals surface area (Å²) in [7, 11) is 0. The topological polar surface area (TPSA) is 33.1 Å². The highest BCUT2D eigenvalue weighted by Gasteiger charge is 2.35. The minimum Gasteiger partial charge on any atom is -0.383 e. The predicted molar refractivity (Wildman–Crippen MR) is 57.6 cm³/mol. The zero-order valence-electron chi connectivity index (χ0n) is 8.48. The second kappa shape index (κ2) is 4.46. The summed E-state index contributed by atoms with van der Waals surface area (Å²) in [6, 6.07) is 4.99. The number of aliphatic hydroxyl groups excluding tert-OH is 1. The Balaban J connectivity index is 2.46. The second-order valence-electron chi connectivity index (χ2n) is 3.39. The molecule has 6 heteroatoms. The molecule has 0 aliphatic heterocycles. The molecule has 0 saturated carbocycles. The van der Waals surface area contributed by atoms with Crippen molar-refractivity contribution in [2.24, 2.45) is 0 Å². The number of hydrogen-bond acceptors (Lipinski definition) is 3. The van der Waals surface area contributed by atoms with Crippen LogP contribution in [-0.4, -0.2) is 10.1 Å². The SMILES string of the molecule is OC(c1cncs1)c1ccccc1C(F)(F)F. The first-order valence-corrected chi connectivity index (χ1v) is 5.60. The normalized spacial score (nSPS) is 13.6. The van der Waals surface area contributed by atoms with Crippen molar-refractivity contribution in [3.8, 4) is 0 Å². The Morgan fingerprint density at radius 3 is 2.53 bits per heavy atom. The standard InChI is InChI=1S/C11H8F3NOS/c12-11(13,14)8-4-2-1-3-7(8)10(16)9-5-15-6-17-9/h1-6,10,16H. The first-order valence-electron chi connectivity index (χ1n) is 4.72. The highest BCUT2D eigenvalue weighted by molar-refractivity contribution is 7.09. The molecule has 0 aliphatic carbocycles. The van der Waals surface area contributed by atoms with E-state index in [4.69, 9.17) is 0 Å². The van der Waals surface area contributed by atoms with Gasteiger partial charge in [0.05, 0.1) is 16.0 Å². The van der Waals surface area contributed by atoms with Crippen LogP contribution in [0.2, 0.25) is 0 Å². The Morgan fingerprint density at radius 2 is 1.94 bits per heavy atom. The van der Waals surface area contributed by atoms with Crippen LogP contribution in [0.4, 0.5) is 13.2 Å². The number of thiazole rings is 1. The average molecular weight is 259 g/mol. The lowest BCUT2D eigenvalue weighted by molar-refractivity contribution is -0.138. The summed E-state index contributed by atoms with van der Waals surface area (Å²) < 4.78 is 38.2. The predicted octanol–water partition coefficient (Wildman–Crippen LogP) is 3.24. The molecule has 0 radical (unpaired) electrons. The van der Waals surface area contributed by atoms with E-state index in [0.29, 0.717) is 4.88 Å². The summed E-state index contributed by atoms with van der Waals surface area (Å²) in [4.78, 5) is 4.13. The van der Waals surface area contributed by atoms with E-state index in [1.54, 1.807) is 0 Å². The van der Waals surface area contributed by atoms with Gasteiger partial charge < -0.3 is 5.11 Å². The molecule has 0 saturated heterocycles. The molecule has 1 unspecified atom stereocenters. The highest BCUT2D eigenvalue weighted by atomic mass is 32.1. The van der Waals surface area contributed by atoms with Crippen molar-refractivity contribution in [2.45, 2.75) is 12.3 Å². The molecule has 1 N–H and O–H groups in total. The molecular formula is C11H8F3NOS. The largest absolute Gasteiger partial charge is 0.416 e. The Bertz CT molecular complexity index is 496. The minimum absolute atomic E-state index is 0.149. The van der Waals surface area contributed by atoms with Crippen LogP contribution in [0.3, 0.4) is 0 Å². The van der Waals surface area contributed by atoms with Crippen LogP contribution in [-0.2, 0) is 6.18 Å². The lowest BCUT2D eigenvalue weighted by Crippen LogP contribution is -2.12. The van der Waals surface area contributed by atoms with Gasteiger partial charge in [0.1, 0.15) is 6.10 Å². The third kappa shape index (κ3) is 2.48. The van der Waals surface area contributed by atoms with Crippen LogP contribution < -0.4 is 0 Å². The van der Waals surface area contributed by atoms with Crippen LogP contribution in [0.1, 0.15) is 22.1 Å². The molecule has 1 aromatic heterocycles. The summed E-state index contributed by atoms with van der Waals surface area (Å²) in [5.41, 5.74) is 0.500. The number of halogens is 3. The maximum absolute atomic E-state index is 12.7. The number of aromatic nitrogens is 1. The molecular weight excluding hydrogens is 251 g/mol. The molecule has 2 aromatic rings. The van der Waals surface area contributed by atoms with Gasteiger partial charge in [0.25, 0.3) is 0 Å². The van der Waals surface area contributed by atoms with E-state index in [2.05, 4.69) is 4.98 Å². The summed E-state index contributed by atoms with van der Waals surface area (Å²) in [5, 5.41) is 9.90. The molecule has 1 heterocycles. The Labute approximate surface area is 99.4 Å². The monoisotopic (exact) mass is 259 g/mol. The van der Waals surface area contributed by atoms with E-state index in [-0.39, 0.29) is 5.56 Å². The second-order valence-corrected chi connectivity index (χ2v) is 4.31. The quantitative estimate of drug-likeness (QED) is 0.898. The number of hydrogen-bond donors (Lipinski definition) is 1. The molecule has 1 aromatic carbocycles. The van der Waals surface area contributed by atoms with Gasteiger partial charge in [-0.05, 0) is 11.6 Å². The van der Waals surface area contributed by atoms with Gasteiger partial charge in [0, 0.05) is 6.20 Å². The van der Waals surface area contributed by atoms with Crippen LogP contribution in [0.25, 0.3) is 0 Å². The van der Waals surface area contributed by atoms with E-state index in [9.17, 15) is 18.3 Å². The average Bonchev–Trinajstić information content (AvgIpc) is 2.80. The summed E-state index contributed by atoms with van der Waals surface area (Å²) >= 11 is 1.12. The number of alkyl halides is 3. The highest BCUT2D eigenvalue weighted by Crippen LogP contribution is 2.36. The fourth-order valence-electron chi connectivity index (χ4n) is 1.51. The van der Waals surface area contributed by atoms with E-state index >= 15 is 0 Å². The van der Waals surface area contributed by atoms with Crippen molar-refractivity contribution in [1.82, 2.24) is 4.98 Å². The van der Waals surface area contributed by atoms with E-state index in [1.807, 2.05) is 0 Å². The third-order valence-electron chi connectivity index (χ3n) is 2.28. The number of rotatable bonds is 2. The van der Waals surface area contributed by atoms with Crippen molar-refractivity contribution in [3.63, 3.8) is 0 Å². The Hall–Kier alpha value is -1.40. The molecule has 0 fully saturated rings. The fraction of sp³-hybridized carbons (Fsp3) is 0.182. The lowest BCUT2D eigenvalue weighted by atomic mass is 10.0. The molecule has 0 spiro atoms. The van der Waals surface area contributed by atoms with Crippen molar-refractivity contribution < 1.29 is 18.3 Å². The summed E-state index contributed by atoms with van der Waals surface area (Å²) in [6.45, 7) is 0. The molecule has 0 aliphatic rings. The Kier molecular flexibility index (Phi) is 3.17. The van der Waals surface area contributed by atoms with Crippen molar-refractivity contribution >= 4 is 11.3 Å². The molecule has 0 amide bonds. The van der Waals surface area contributed by atoms with E-state index in [1.165, 1.54) is 29.9 Å². The van der Waals surface area contributed by atoms with Gasteiger partial charge in [0.2, 0.25) is 0 Å². The van der Waals surface area contributed by atoms with Crippen LogP contribution in [0, 0.1) is 0 Å². The summed E-state index contributed by atoms with van der Waals surface area (Å²) in [5.74, 6) is 0. The number of aliphatic hydroxyl groups is 1. The number of nitrogens with zero attached hydrogens (tertiary/aromatic N) is 1. The van der Waals surface area contributed by atoms with Gasteiger partial charge in [0.15, 0.2) is 0 Å². The van der Waals surface area contributed by atoms with Crippen molar-refractivity contribution in [3.05, 3.63) is 52.0 Å². The maximum Gasteiger partial charge on any atom is 0.416 e. The molecule has 17 heavy (non-hydrogen) atoms. The zero-order valence-corrected chi connectivity index (χ0v) is 9.29. The van der Waals surface area contributed by atoms with Gasteiger partial charge in [-0.1, -0.05) is 18.2 Å². The van der Waals surface area contributed by atoms with Crippen LogP contribution in [0.15, 0.2) is 36.0 Å². The first-order chi connectivity index (χ1) is 8.00. The number of benzene rings is 1. The van der Waals surface area contributed by atoms with Gasteiger partial charge in [-0.25, -0.2) is 0 Å². The zero-order chi connectivity index (χ0) is 12.5. The van der Waals surface area contributed by atoms with E-state index in [0.717, 1.165) is 17.4 Å². The van der Waals surface area contributed by atoms with Gasteiger partial charge in [-0.3, -0.25) is 4.98 Å². The van der Waals surface area contributed by atoms with Crippen LogP contribution in [0.5, 0.6) is 0 Å². The lowest BCUT2D eigenvalue weighted by Gasteiger charge is -2.16. The first kappa shape index (κ1) is 12.1. The van der Waals surface area contributed by atoms with Gasteiger partial charge in [-0.2, -0.15) is 13.2 Å².